The Balaban J connectivity index is 0. The largest absolute Gasteiger partial charge is 1.00 e. The van der Waals surface area contributed by atoms with Crippen molar-refractivity contribution in [3.05, 3.63) is 36.8 Å². The fraction of sp³-hybridized carbons (Fsp3) is 0.125. The Kier molecular flexibility index (Phi) is 8.64. The zero-order valence-corrected chi connectivity index (χ0v) is 7.13. The molecule has 0 spiro atoms. The summed E-state index contributed by atoms with van der Waals surface area (Å²) < 4.78 is 0. The number of hydrogen-bond acceptors (Lipinski definition) is 1. The summed E-state index contributed by atoms with van der Waals surface area (Å²) in [6.45, 7) is 3.62. The normalized spacial score (nSPS) is 7.73. The molecule has 0 saturated carbocycles. The molecule has 1 aromatic rings. The van der Waals surface area contributed by atoms with Crippen molar-refractivity contribution in [3.8, 4) is 5.75 Å². The standard InChI is InChI=1S/C8H9O.2Li/c1-2-7-5-3-4-6-8(7)9;;/h3-6,9H,1-2H2;;/q-1;2*+1/p-1. The van der Waals surface area contributed by atoms with E-state index in [0.717, 1.165) is 5.56 Å². The van der Waals surface area contributed by atoms with E-state index in [1.54, 1.807) is 18.2 Å². The Morgan fingerprint density at radius 3 is 2.09 bits per heavy atom. The summed E-state index contributed by atoms with van der Waals surface area (Å²) in [5.41, 5.74) is 0.789. The Hall–Kier alpha value is 0.215. The number of rotatable bonds is 1. The first kappa shape index (κ1) is 13.8. The molecular weight excluding hydrogens is 126 g/mol. The summed E-state index contributed by atoms with van der Waals surface area (Å²) in [6, 6.07) is 6.94. The van der Waals surface area contributed by atoms with Gasteiger partial charge in [0.05, 0.1) is 0 Å². The van der Waals surface area contributed by atoms with Crippen LogP contribution in [-0.2, 0) is 6.42 Å². The molecule has 0 radical (unpaired) electrons. The summed E-state index contributed by atoms with van der Waals surface area (Å²) in [4.78, 5) is 0. The van der Waals surface area contributed by atoms with Crippen LogP contribution in [0, 0.1) is 6.92 Å². The van der Waals surface area contributed by atoms with Crippen LogP contribution >= 0.6 is 0 Å². The molecule has 0 saturated heterocycles. The van der Waals surface area contributed by atoms with Crippen molar-refractivity contribution < 1.29 is 42.8 Å². The van der Waals surface area contributed by atoms with E-state index in [4.69, 9.17) is 0 Å². The minimum absolute atomic E-state index is 0. The van der Waals surface area contributed by atoms with Crippen LogP contribution in [0.4, 0.5) is 0 Å². The molecule has 1 nitrogen and oxygen atoms in total. The number of para-hydroxylation sites is 1. The molecule has 0 aromatic heterocycles. The van der Waals surface area contributed by atoms with Gasteiger partial charge in [-0.15, -0.1) is 5.75 Å². The van der Waals surface area contributed by atoms with E-state index >= 15 is 0 Å². The first-order valence-corrected chi connectivity index (χ1v) is 2.89. The van der Waals surface area contributed by atoms with Gasteiger partial charge < -0.3 is 12.0 Å². The molecule has 1 rings (SSSR count). The summed E-state index contributed by atoms with van der Waals surface area (Å²) in [7, 11) is 0. The maximum Gasteiger partial charge on any atom is 1.00 e. The molecule has 0 fully saturated rings. The van der Waals surface area contributed by atoms with Crippen molar-refractivity contribution in [2.24, 2.45) is 0 Å². The minimum Gasteiger partial charge on any atom is -0.872 e. The van der Waals surface area contributed by atoms with E-state index in [-0.39, 0.29) is 43.5 Å². The molecular formula is C8H8Li2O. The second kappa shape index (κ2) is 6.90. The van der Waals surface area contributed by atoms with Gasteiger partial charge in [0, 0.05) is 0 Å². The second-order valence-electron chi connectivity index (χ2n) is 1.86. The van der Waals surface area contributed by atoms with Crippen molar-refractivity contribution in [1.29, 1.82) is 0 Å². The van der Waals surface area contributed by atoms with Crippen molar-refractivity contribution in [2.75, 3.05) is 0 Å². The SMILES string of the molecule is [CH2-]Cc1ccccc1[O-].[Li+].[Li+]. The van der Waals surface area contributed by atoms with Crippen molar-refractivity contribution in [3.63, 3.8) is 0 Å². The maximum absolute atomic E-state index is 10.8. The minimum atomic E-state index is 0. The average molecular weight is 134 g/mol. The molecule has 0 aliphatic rings. The van der Waals surface area contributed by atoms with Gasteiger partial charge in [0.25, 0.3) is 0 Å². The van der Waals surface area contributed by atoms with Crippen molar-refractivity contribution in [2.45, 2.75) is 6.42 Å². The van der Waals surface area contributed by atoms with Gasteiger partial charge in [0.15, 0.2) is 0 Å². The third-order valence-corrected chi connectivity index (χ3v) is 1.24. The zero-order valence-electron chi connectivity index (χ0n) is 7.13. The first-order valence-electron chi connectivity index (χ1n) is 2.89. The van der Waals surface area contributed by atoms with E-state index in [0.29, 0.717) is 6.42 Å². The van der Waals surface area contributed by atoms with Crippen LogP contribution in [0.3, 0.4) is 0 Å². The van der Waals surface area contributed by atoms with E-state index < -0.39 is 0 Å². The Labute approximate surface area is 91.6 Å². The van der Waals surface area contributed by atoms with Crippen LogP contribution < -0.4 is 42.8 Å². The van der Waals surface area contributed by atoms with E-state index in [1.807, 2.05) is 6.07 Å². The summed E-state index contributed by atoms with van der Waals surface area (Å²) >= 11 is 0. The summed E-state index contributed by atoms with van der Waals surface area (Å²) in [5, 5.41) is 10.8. The third-order valence-electron chi connectivity index (χ3n) is 1.24. The predicted octanol–water partition coefficient (Wildman–Crippen LogP) is -4.86. The molecule has 0 amide bonds. The van der Waals surface area contributed by atoms with Crippen LogP contribution in [-0.4, -0.2) is 0 Å². The van der Waals surface area contributed by atoms with Crippen LogP contribution in [0.25, 0.3) is 0 Å². The van der Waals surface area contributed by atoms with Crippen LogP contribution in [0.1, 0.15) is 5.56 Å². The summed E-state index contributed by atoms with van der Waals surface area (Å²) in [6.07, 6.45) is 0.583. The Morgan fingerprint density at radius 2 is 1.73 bits per heavy atom. The Bertz CT molecular complexity index is 201. The van der Waals surface area contributed by atoms with Crippen molar-refractivity contribution in [1.82, 2.24) is 0 Å². The average Bonchev–Trinajstić information content (AvgIpc) is 1.89. The van der Waals surface area contributed by atoms with Gasteiger partial charge >= 0.3 is 37.7 Å². The van der Waals surface area contributed by atoms with E-state index in [9.17, 15) is 5.11 Å². The van der Waals surface area contributed by atoms with Crippen LogP contribution in [0.15, 0.2) is 24.3 Å². The molecule has 3 heteroatoms. The van der Waals surface area contributed by atoms with Crippen molar-refractivity contribution >= 4 is 0 Å². The molecule has 0 bridgehead atoms. The molecule has 0 aliphatic carbocycles. The van der Waals surface area contributed by atoms with Gasteiger partial charge in [-0.05, 0) is 0 Å². The quantitative estimate of drug-likeness (QED) is 0.279. The molecule has 1 aromatic carbocycles. The monoisotopic (exact) mass is 134 g/mol. The number of benzene rings is 1. The van der Waals surface area contributed by atoms with Gasteiger partial charge in [-0.2, -0.15) is 6.42 Å². The molecule has 0 N–H and O–H groups in total. The zero-order chi connectivity index (χ0) is 6.69. The summed E-state index contributed by atoms with van der Waals surface area (Å²) in [5.74, 6) is 0.0903. The third kappa shape index (κ3) is 3.95. The molecule has 11 heavy (non-hydrogen) atoms. The van der Waals surface area contributed by atoms with Gasteiger partial charge in [-0.3, -0.25) is 0 Å². The molecule has 0 heterocycles. The fourth-order valence-corrected chi connectivity index (χ4v) is 0.710. The van der Waals surface area contributed by atoms with Gasteiger partial charge in [0.2, 0.25) is 0 Å². The van der Waals surface area contributed by atoms with Gasteiger partial charge in [-0.25, -0.2) is 0 Å². The van der Waals surface area contributed by atoms with Gasteiger partial charge in [-0.1, -0.05) is 29.8 Å². The molecule has 0 unspecified atom stereocenters. The van der Waals surface area contributed by atoms with Crippen LogP contribution in [0.5, 0.6) is 5.75 Å². The number of hydrogen-bond donors (Lipinski definition) is 0. The van der Waals surface area contributed by atoms with E-state index in [1.165, 1.54) is 0 Å². The van der Waals surface area contributed by atoms with E-state index in [2.05, 4.69) is 6.92 Å². The Morgan fingerprint density at radius 1 is 1.18 bits per heavy atom. The van der Waals surface area contributed by atoms with Gasteiger partial charge in [0.1, 0.15) is 0 Å². The maximum atomic E-state index is 10.8. The molecule has 0 atom stereocenters. The van der Waals surface area contributed by atoms with Crippen LogP contribution in [0.2, 0.25) is 0 Å². The smallest absolute Gasteiger partial charge is 0.872 e. The fourth-order valence-electron chi connectivity index (χ4n) is 0.710. The second-order valence-corrected chi connectivity index (χ2v) is 1.86. The topological polar surface area (TPSA) is 23.1 Å². The molecule has 48 valence electrons. The predicted molar refractivity (Wildman–Crippen MR) is 34.9 cm³/mol. The molecule has 0 aliphatic heterocycles. The first-order chi connectivity index (χ1) is 4.34.